The van der Waals surface area contributed by atoms with Gasteiger partial charge in [-0.2, -0.15) is 13.2 Å². The molecule has 24 heavy (non-hydrogen) atoms. The van der Waals surface area contributed by atoms with E-state index in [1.54, 1.807) is 30.3 Å². The van der Waals surface area contributed by atoms with E-state index in [0.717, 1.165) is 12.1 Å². The molecular formula is C18H16F3NO2. The first-order chi connectivity index (χ1) is 11.4. The molecule has 126 valence electrons. The highest BCUT2D eigenvalue weighted by molar-refractivity contribution is 5.94. The zero-order valence-corrected chi connectivity index (χ0v) is 12.8. The topological polar surface area (TPSA) is 29.5 Å². The zero-order valence-electron chi connectivity index (χ0n) is 12.8. The summed E-state index contributed by atoms with van der Waals surface area (Å²) in [4.78, 5) is 13.8. The minimum atomic E-state index is -4.40. The van der Waals surface area contributed by atoms with Crippen LogP contribution in [-0.2, 0) is 11.0 Å². The Labute approximate surface area is 138 Å². The maximum atomic E-state index is 12.5. The van der Waals surface area contributed by atoms with Gasteiger partial charge in [0.25, 0.3) is 5.91 Å². The number of benzene rings is 2. The summed E-state index contributed by atoms with van der Waals surface area (Å²) in [6, 6.07) is 13.2. The highest BCUT2D eigenvalue weighted by Gasteiger charge is 2.30. The van der Waals surface area contributed by atoms with E-state index in [2.05, 4.69) is 6.58 Å². The molecule has 0 atom stereocenters. The molecule has 1 amide bonds. The summed E-state index contributed by atoms with van der Waals surface area (Å²) < 4.78 is 42.8. The van der Waals surface area contributed by atoms with Crippen LogP contribution in [0, 0.1) is 0 Å². The number of rotatable bonds is 6. The van der Waals surface area contributed by atoms with Crippen LogP contribution in [0.1, 0.15) is 5.56 Å². The van der Waals surface area contributed by atoms with E-state index in [9.17, 15) is 18.0 Å². The monoisotopic (exact) mass is 335 g/mol. The Morgan fingerprint density at radius 2 is 1.71 bits per heavy atom. The van der Waals surface area contributed by atoms with E-state index in [1.807, 2.05) is 6.07 Å². The van der Waals surface area contributed by atoms with Gasteiger partial charge in [-0.3, -0.25) is 4.79 Å². The van der Waals surface area contributed by atoms with Crippen molar-refractivity contribution in [3.8, 4) is 5.75 Å². The molecule has 0 bridgehead atoms. The fraction of sp³-hybridized carbons (Fsp3) is 0.167. The lowest BCUT2D eigenvalue weighted by molar-refractivity contribution is -0.137. The largest absolute Gasteiger partial charge is 0.484 e. The number of para-hydroxylation sites is 1. The number of halogens is 3. The van der Waals surface area contributed by atoms with Crippen molar-refractivity contribution in [2.45, 2.75) is 6.18 Å². The molecule has 0 saturated carbocycles. The van der Waals surface area contributed by atoms with Crippen molar-refractivity contribution in [1.82, 2.24) is 0 Å². The lowest BCUT2D eigenvalue weighted by Gasteiger charge is -2.21. The van der Waals surface area contributed by atoms with Crippen molar-refractivity contribution in [2.75, 3.05) is 18.1 Å². The molecule has 0 aromatic heterocycles. The van der Waals surface area contributed by atoms with Gasteiger partial charge in [-0.1, -0.05) is 24.3 Å². The van der Waals surface area contributed by atoms with E-state index < -0.39 is 11.7 Å². The molecule has 0 radical (unpaired) electrons. The van der Waals surface area contributed by atoms with Crippen LogP contribution in [0.5, 0.6) is 5.75 Å². The van der Waals surface area contributed by atoms with Crippen LogP contribution in [0.3, 0.4) is 0 Å². The highest BCUT2D eigenvalue weighted by Crippen LogP contribution is 2.30. The second kappa shape index (κ2) is 7.68. The number of amides is 1. The predicted molar refractivity (Wildman–Crippen MR) is 85.9 cm³/mol. The van der Waals surface area contributed by atoms with Crippen molar-refractivity contribution >= 4 is 11.6 Å². The smallest absolute Gasteiger partial charge is 0.416 e. The Morgan fingerprint density at radius 3 is 2.25 bits per heavy atom. The van der Waals surface area contributed by atoms with E-state index in [0.29, 0.717) is 12.2 Å². The summed E-state index contributed by atoms with van der Waals surface area (Å²) in [5.41, 5.74) is -0.0721. The Morgan fingerprint density at radius 1 is 1.08 bits per heavy atom. The van der Waals surface area contributed by atoms with Crippen molar-refractivity contribution in [1.29, 1.82) is 0 Å². The number of hydrogen-bond donors (Lipinski definition) is 0. The highest BCUT2D eigenvalue weighted by atomic mass is 19.4. The number of carbonyl (C=O) groups excluding carboxylic acids is 1. The van der Waals surface area contributed by atoms with Crippen LogP contribution in [0.15, 0.2) is 67.3 Å². The maximum Gasteiger partial charge on any atom is 0.416 e. The van der Waals surface area contributed by atoms with E-state index in [1.165, 1.54) is 17.0 Å². The average molecular weight is 335 g/mol. The van der Waals surface area contributed by atoms with Gasteiger partial charge >= 0.3 is 6.18 Å². The van der Waals surface area contributed by atoms with Crippen LogP contribution in [0.25, 0.3) is 0 Å². The molecule has 2 aromatic rings. The number of ether oxygens (including phenoxy) is 1. The number of anilines is 1. The van der Waals surface area contributed by atoms with Gasteiger partial charge in [-0.05, 0) is 36.4 Å². The molecule has 3 nitrogen and oxygen atoms in total. The van der Waals surface area contributed by atoms with E-state index in [4.69, 9.17) is 4.74 Å². The fourth-order valence-electron chi connectivity index (χ4n) is 2.05. The summed E-state index contributed by atoms with van der Waals surface area (Å²) in [6.45, 7) is 3.64. The molecular weight excluding hydrogens is 319 g/mol. The van der Waals surface area contributed by atoms with Crippen LogP contribution in [-0.4, -0.2) is 19.1 Å². The number of nitrogens with zero attached hydrogens (tertiary/aromatic N) is 1. The van der Waals surface area contributed by atoms with Gasteiger partial charge in [-0.15, -0.1) is 6.58 Å². The quantitative estimate of drug-likeness (QED) is 0.737. The normalized spacial score (nSPS) is 11.0. The second-order valence-corrected chi connectivity index (χ2v) is 4.94. The molecule has 0 aliphatic carbocycles. The van der Waals surface area contributed by atoms with Gasteiger partial charge in [-0.25, -0.2) is 0 Å². The molecule has 0 aliphatic heterocycles. The maximum absolute atomic E-state index is 12.5. The molecule has 0 heterocycles. The first-order valence-corrected chi connectivity index (χ1v) is 7.18. The average Bonchev–Trinajstić information content (AvgIpc) is 2.58. The molecule has 0 aliphatic rings. The van der Waals surface area contributed by atoms with Crippen LogP contribution >= 0.6 is 0 Å². The first kappa shape index (κ1) is 17.6. The Kier molecular flexibility index (Phi) is 5.63. The minimum Gasteiger partial charge on any atom is -0.484 e. The number of alkyl halides is 3. The fourth-order valence-corrected chi connectivity index (χ4v) is 2.05. The Balaban J connectivity index is 2.01. The lowest BCUT2D eigenvalue weighted by Crippen LogP contribution is -2.35. The third-order valence-electron chi connectivity index (χ3n) is 3.22. The van der Waals surface area contributed by atoms with Gasteiger partial charge in [0.05, 0.1) is 5.56 Å². The molecule has 0 spiro atoms. The first-order valence-electron chi connectivity index (χ1n) is 7.18. The Hall–Kier alpha value is -2.76. The van der Waals surface area contributed by atoms with Crippen molar-refractivity contribution in [2.24, 2.45) is 0 Å². The van der Waals surface area contributed by atoms with Crippen molar-refractivity contribution in [3.63, 3.8) is 0 Å². The molecule has 6 heteroatoms. The third kappa shape index (κ3) is 4.62. The summed E-state index contributed by atoms with van der Waals surface area (Å²) in [6.07, 6.45) is -2.81. The molecule has 0 unspecified atom stereocenters. The minimum absolute atomic E-state index is 0.197. The zero-order chi connectivity index (χ0) is 17.6. The summed E-state index contributed by atoms with van der Waals surface area (Å²) in [5, 5.41) is 0. The molecule has 2 aromatic carbocycles. The van der Waals surface area contributed by atoms with Gasteiger partial charge in [0.1, 0.15) is 5.75 Å². The predicted octanol–water partition coefficient (Wildman–Crippen LogP) is 4.30. The van der Waals surface area contributed by atoms with E-state index in [-0.39, 0.29) is 18.3 Å². The second-order valence-electron chi connectivity index (χ2n) is 4.94. The molecule has 2 rings (SSSR count). The van der Waals surface area contributed by atoms with Gasteiger partial charge in [0.2, 0.25) is 0 Å². The number of carbonyl (C=O) groups is 1. The molecule has 0 saturated heterocycles. The third-order valence-corrected chi connectivity index (χ3v) is 3.22. The van der Waals surface area contributed by atoms with Crippen LogP contribution < -0.4 is 9.64 Å². The van der Waals surface area contributed by atoms with Crippen LogP contribution in [0.2, 0.25) is 0 Å². The lowest BCUT2D eigenvalue weighted by atomic mass is 10.2. The summed E-state index contributed by atoms with van der Waals surface area (Å²) in [5.74, 6) is -0.121. The van der Waals surface area contributed by atoms with Gasteiger partial charge in [0, 0.05) is 12.2 Å². The standard InChI is InChI=1S/C18H16F3NO2/c1-2-12-22(15-6-4-3-5-7-15)17(23)13-24-16-10-8-14(9-11-16)18(19,20)21/h2-11H,1,12-13H2. The van der Waals surface area contributed by atoms with Gasteiger partial charge in [0.15, 0.2) is 6.61 Å². The van der Waals surface area contributed by atoms with E-state index >= 15 is 0 Å². The SMILES string of the molecule is C=CCN(C(=O)COc1ccc(C(F)(F)F)cc1)c1ccccc1. The van der Waals surface area contributed by atoms with Crippen molar-refractivity contribution in [3.05, 3.63) is 72.8 Å². The van der Waals surface area contributed by atoms with Gasteiger partial charge < -0.3 is 9.64 Å². The number of hydrogen-bond acceptors (Lipinski definition) is 2. The summed E-state index contributed by atoms with van der Waals surface area (Å²) in [7, 11) is 0. The van der Waals surface area contributed by atoms with Crippen LogP contribution in [0.4, 0.5) is 18.9 Å². The Bertz CT molecular complexity index is 682. The van der Waals surface area contributed by atoms with Crippen molar-refractivity contribution < 1.29 is 22.7 Å². The molecule has 0 fully saturated rings. The summed E-state index contributed by atoms with van der Waals surface area (Å²) >= 11 is 0. The molecule has 0 N–H and O–H groups in total.